The maximum atomic E-state index is 5.17. The van der Waals surface area contributed by atoms with Gasteiger partial charge in [-0.05, 0) is 17.3 Å². The van der Waals surface area contributed by atoms with Gasteiger partial charge in [-0.2, -0.15) is 10.0 Å². The lowest BCUT2D eigenvalue weighted by atomic mass is 10.2. The number of methoxy groups -OCH3 is 1. The van der Waals surface area contributed by atoms with Crippen LogP contribution in [0.4, 0.5) is 0 Å². The van der Waals surface area contributed by atoms with E-state index in [4.69, 9.17) is 4.74 Å². The maximum Gasteiger partial charge on any atom is 0.205 e. The van der Waals surface area contributed by atoms with Crippen LogP contribution < -0.4 is 9.84 Å². The number of ether oxygens (including phenoxy) is 1. The Kier molecular flexibility index (Phi) is 3.31. The van der Waals surface area contributed by atoms with Crippen LogP contribution in [0, 0.1) is 0 Å². The number of hydrogen-bond donors (Lipinski definition) is 0. The molecule has 20 heavy (non-hydrogen) atoms. The van der Waals surface area contributed by atoms with Crippen molar-refractivity contribution in [3.05, 3.63) is 30.1 Å². The van der Waals surface area contributed by atoms with Crippen molar-refractivity contribution in [3.8, 4) is 17.1 Å². The van der Waals surface area contributed by atoms with Crippen LogP contribution in [0.1, 0.15) is 5.82 Å². The monoisotopic (exact) mass is 271 g/mol. The molecule has 0 N–H and O–H groups in total. The van der Waals surface area contributed by atoms with Gasteiger partial charge in [-0.25, -0.2) is 0 Å². The highest BCUT2D eigenvalue weighted by Gasteiger charge is 2.06. The van der Waals surface area contributed by atoms with Crippen LogP contribution >= 0.6 is 0 Å². The number of rotatable bonds is 5. The van der Waals surface area contributed by atoms with Crippen LogP contribution in [-0.4, -0.2) is 42.8 Å². The zero-order valence-corrected chi connectivity index (χ0v) is 10.7. The van der Waals surface area contributed by atoms with Crippen molar-refractivity contribution >= 4 is 0 Å². The Morgan fingerprint density at radius 2 is 2.25 bits per heavy atom. The first-order valence-electron chi connectivity index (χ1n) is 5.95. The molecule has 3 rings (SSSR count). The minimum absolute atomic E-state index is 0.518. The average Bonchev–Trinajstić information content (AvgIpc) is 3.16. The number of hydrogen-bond acceptors (Lipinski definition) is 7. The van der Waals surface area contributed by atoms with Crippen molar-refractivity contribution in [2.24, 2.45) is 0 Å². The van der Waals surface area contributed by atoms with Crippen molar-refractivity contribution in [2.45, 2.75) is 13.0 Å². The minimum Gasteiger partial charge on any atom is -0.497 e. The van der Waals surface area contributed by atoms with Crippen LogP contribution in [0.2, 0.25) is 0 Å². The molecule has 0 atom stereocenters. The van der Waals surface area contributed by atoms with Gasteiger partial charge < -0.3 is 9.84 Å². The Balaban J connectivity index is 1.72. The summed E-state index contributed by atoms with van der Waals surface area (Å²) in [5.41, 5.74) is 0.850. The molecule has 0 saturated heterocycles. The number of tetrazole rings is 2. The summed E-state index contributed by atoms with van der Waals surface area (Å²) in [4.78, 5) is 1.49. The lowest BCUT2D eigenvalue weighted by Gasteiger charge is -2.00. The topological polar surface area (TPSA) is 106 Å². The third kappa shape index (κ3) is 2.60. The van der Waals surface area contributed by atoms with E-state index in [1.54, 1.807) is 7.11 Å². The standard InChI is InChI=1S/C11H11N8O/c1-20-9-4-2-3-8(7-9)11-14-18-19(15-11)6-5-10-12-16-17-13-10/h2-4,7H,5-6H2,1H3/q-1. The summed E-state index contributed by atoms with van der Waals surface area (Å²) in [5.74, 6) is 1.86. The Labute approximate surface area is 114 Å². The van der Waals surface area contributed by atoms with Gasteiger partial charge in [0.25, 0.3) is 0 Å². The minimum atomic E-state index is 0.518. The zero-order chi connectivity index (χ0) is 13.8. The van der Waals surface area contributed by atoms with Crippen molar-refractivity contribution in [1.29, 1.82) is 0 Å². The van der Waals surface area contributed by atoms with Gasteiger partial charge in [0.1, 0.15) is 5.75 Å². The van der Waals surface area contributed by atoms with Gasteiger partial charge in [0.2, 0.25) is 5.82 Å². The second-order valence-electron chi connectivity index (χ2n) is 3.99. The average molecular weight is 271 g/mol. The molecule has 2 heterocycles. The van der Waals surface area contributed by atoms with Crippen molar-refractivity contribution < 1.29 is 4.74 Å². The Morgan fingerprint density at radius 3 is 3.05 bits per heavy atom. The normalized spacial score (nSPS) is 10.7. The molecule has 2 aromatic heterocycles. The molecule has 0 unspecified atom stereocenters. The van der Waals surface area contributed by atoms with Gasteiger partial charge in [0.15, 0.2) is 0 Å². The largest absolute Gasteiger partial charge is 0.497 e. The zero-order valence-electron chi connectivity index (χ0n) is 10.7. The molecule has 0 aliphatic rings. The lowest BCUT2D eigenvalue weighted by molar-refractivity contribution is 0.415. The van der Waals surface area contributed by atoms with Crippen LogP contribution in [0.15, 0.2) is 24.3 Å². The molecule has 0 saturated carbocycles. The molecule has 3 aromatic rings. The van der Waals surface area contributed by atoms with Crippen LogP contribution in [0.3, 0.4) is 0 Å². The fourth-order valence-electron chi connectivity index (χ4n) is 1.68. The first-order valence-corrected chi connectivity index (χ1v) is 5.95. The summed E-state index contributed by atoms with van der Waals surface area (Å²) < 4.78 is 5.17. The van der Waals surface area contributed by atoms with E-state index >= 15 is 0 Å². The highest BCUT2D eigenvalue weighted by Crippen LogP contribution is 2.19. The molecule has 0 aliphatic heterocycles. The van der Waals surface area contributed by atoms with Crippen LogP contribution in [0.25, 0.3) is 11.4 Å². The van der Waals surface area contributed by atoms with Crippen molar-refractivity contribution in [2.75, 3.05) is 7.11 Å². The van der Waals surface area contributed by atoms with Crippen molar-refractivity contribution in [3.63, 3.8) is 0 Å². The molecule has 102 valence electrons. The third-order valence-corrected chi connectivity index (χ3v) is 2.68. The van der Waals surface area contributed by atoms with E-state index in [1.165, 1.54) is 4.80 Å². The molecule has 9 nitrogen and oxygen atoms in total. The summed E-state index contributed by atoms with van der Waals surface area (Å²) in [6.07, 6.45) is 0.556. The highest BCUT2D eigenvalue weighted by atomic mass is 16.5. The van der Waals surface area contributed by atoms with Gasteiger partial charge >= 0.3 is 0 Å². The Bertz CT molecular complexity index is 677. The molecule has 0 aliphatic carbocycles. The van der Waals surface area contributed by atoms with E-state index in [2.05, 4.69) is 36.0 Å². The Hall–Kier alpha value is -2.84. The van der Waals surface area contributed by atoms with E-state index in [9.17, 15) is 0 Å². The van der Waals surface area contributed by atoms with Crippen molar-refractivity contribution in [1.82, 2.24) is 40.8 Å². The Morgan fingerprint density at radius 1 is 1.30 bits per heavy atom. The summed E-state index contributed by atoms with van der Waals surface area (Å²) in [5, 5.41) is 26.6. The second kappa shape index (κ2) is 5.43. The summed E-state index contributed by atoms with van der Waals surface area (Å²) in [7, 11) is 1.62. The maximum absolute atomic E-state index is 5.17. The third-order valence-electron chi connectivity index (χ3n) is 2.68. The molecular formula is C11H11N8O-. The molecule has 0 amide bonds. The van der Waals surface area contributed by atoms with E-state index in [1.807, 2.05) is 24.3 Å². The van der Waals surface area contributed by atoms with Gasteiger partial charge in [-0.15, -0.1) is 10.2 Å². The quantitative estimate of drug-likeness (QED) is 0.624. The molecular weight excluding hydrogens is 260 g/mol. The second-order valence-corrected chi connectivity index (χ2v) is 3.99. The van der Waals surface area contributed by atoms with Crippen LogP contribution in [-0.2, 0) is 13.0 Å². The lowest BCUT2D eigenvalue weighted by Crippen LogP contribution is -2.06. The molecule has 0 fully saturated rings. The first-order chi connectivity index (χ1) is 9.85. The van der Waals surface area contributed by atoms with Gasteiger partial charge in [0.05, 0.1) is 13.7 Å². The summed E-state index contributed by atoms with van der Waals surface area (Å²) in [6, 6.07) is 7.50. The molecule has 1 aromatic carbocycles. The summed E-state index contributed by atoms with van der Waals surface area (Å²) in [6.45, 7) is 0.518. The molecule has 9 heteroatoms. The predicted octanol–water partition coefficient (Wildman–Crippen LogP) is -0.266. The van der Waals surface area contributed by atoms with Gasteiger partial charge in [0, 0.05) is 17.8 Å². The number of aryl methyl sites for hydroxylation is 2. The fourth-order valence-corrected chi connectivity index (χ4v) is 1.68. The molecule has 0 radical (unpaired) electrons. The van der Waals surface area contributed by atoms with E-state index in [-0.39, 0.29) is 0 Å². The van der Waals surface area contributed by atoms with E-state index < -0.39 is 0 Å². The molecule has 0 bridgehead atoms. The number of aromatic nitrogens is 8. The SMILES string of the molecule is COc1cccc(-c2nnn(CCc3nnn[n-]3)n2)c1. The number of nitrogens with zero attached hydrogens (tertiary/aromatic N) is 8. The summed E-state index contributed by atoms with van der Waals surface area (Å²) >= 11 is 0. The first kappa shape index (κ1) is 12.2. The van der Waals surface area contributed by atoms with Crippen LogP contribution in [0.5, 0.6) is 5.75 Å². The van der Waals surface area contributed by atoms with Gasteiger partial charge in [-0.3, -0.25) is 10.3 Å². The van der Waals surface area contributed by atoms with E-state index in [0.717, 1.165) is 11.3 Å². The smallest absolute Gasteiger partial charge is 0.205 e. The highest BCUT2D eigenvalue weighted by molar-refractivity contribution is 5.56. The predicted molar refractivity (Wildman–Crippen MR) is 66.7 cm³/mol. The van der Waals surface area contributed by atoms with Gasteiger partial charge in [-0.1, -0.05) is 12.1 Å². The molecule has 0 spiro atoms. The van der Waals surface area contributed by atoms with E-state index in [0.29, 0.717) is 24.6 Å². The fraction of sp³-hybridized carbons (Fsp3) is 0.273. The number of benzene rings is 1.